The smallest absolute Gasteiger partial charge is 0.229 e. The zero-order valence-electron chi connectivity index (χ0n) is 18.8. The van der Waals surface area contributed by atoms with E-state index in [0.29, 0.717) is 11.7 Å². The van der Waals surface area contributed by atoms with Gasteiger partial charge in [-0.1, -0.05) is 30.3 Å². The molecule has 170 valence electrons. The van der Waals surface area contributed by atoms with Crippen LogP contribution >= 0.6 is 12.4 Å². The van der Waals surface area contributed by atoms with Crippen molar-refractivity contribution in [2.45, 2.75) is 26.3 Å². The number of aryl methyl sites for hydroxylation is 1. The number of nitrogens with zero attached hydrogens (tertiary/aromatic N) is 3. The number of hydrogen-bond acceptors (Lipinski definition) is 5. The fraction of sp³-hybridized carbons (Fsp3) is 0.231. The normalized spacial score (nSPS) is 15.0. The summed E-state index contributed by atoms with van der Waals surface area (Å²) in [7, 11) is 1.65. The van der Waals surface area contributed by atoms with Gasteiger partial charge < -0.3 is 15.0 Å². The van der Waals surface area contributed by atoms with E-state index in [1.807, 2.05) is 25.1 Å². The highest BCUT2D eigenvalue weighted by molar-refractivity contribution is 5.95. The van der Waals surface area contributed by atoms with Crippen LogP contribution in [0.2, 0.25) is 0 Å². The second-order valence-corrected chi connectivity index (χ2v) is 8.13. The standard InChI is InChI=1S/C26H25FN4O.ClH/c1-16-15-19(27)11-12-22(16)28-26-29-24-21(9-6-10-23(24)32-3)25(30-26)31-14-13-18-7-4-5-8-20(18)17(31)2;/h4-12,15,17H,13-14H2,1-3H3,(H,28,29,30);1H/t17-;/m0./s1. The van der Waals surface area contributed by atoms with Crippen molar-refractivity contribution in [2.75, 3.05) is 23.9 Å². The molecule has 0 saturated heterocycles. The maximum absolute atomic E-state index is 13.6. The number of nitrogens with one attached hydrogen (secondary N) is 1. The van der Waals surface area contributed by atoms with Gasteiger partial charge in [-0.15, -0.1) is 12.4 Å². The first kappa shape index (κ1) is 22.8. The summed E-state index contributed by atoms with van der Waals surface area (Å²) in [5, 5.41) is 4.23. The lowest BCUT2D eigenvalue weighted by atomic mass is 9.93. The van der Waals surface area contributed by atoms with Crippen LogP contribution in [0.5, 0.6) is 5.75 Å². The Kier molecular flexibility index (Phi) is 6.38. The van der Waals surface area contributed by atoms with Gasteiger partial charge >= 0.3 is 0 Å². The highest BCUT2D eigenvalue weighted by Crippen LogP contribution is 2.38. The zero-order chi connectivity index (χ0) is 22.2. The van der Waals surface area contributed by atoms with Crippen molar-refractivity contribution in [3.8, 4) is 5.75 Å². The average molecular weight is 465 g/mol. The second-order valence-electron chi connectivity index (χ2n) is 8.13. The van der Waals surface area contributed by atoms with E-state index in [4.69, 9.17) is 14.7 Å². The first-order valence-corrected chi connectivity index (χ1v) is 10.8. The van der Waals surface area contributed by atoms with E-state index in [2.05, 4.69) is 41.4 Å². The number of para-hydroxylation sites is 1. The Hall–Kier alpha value is -3.38. The molecule has 5 rings (SSSR count). The van der Waals surface area contributed by atoms with Crippen molar-refractivity contribution in [3.05, 3.63) is 83.2 Å². The third kappa shape index (κ3) is 4.18. The number of anilines is 3. The van der Waals surface area contributed by atoms with Crippen molar-refractivity contribution >= 4 is 40.8 Å². The van der Waals surface area contributed by atoms with E-state index in [1.165, 1.54) is 23.3 Å². The summed E-state index contributed by atoms with van der Waals surface area (Å²) < 4.78 is 19.2. The monoisotopic (exact) mass is 464 g/mol. The molecule has 0 radical (unpaired) electrons. The lowest BCUT2D eigenvalue weighted by Gasteiger charge is -2.37. The fourth-order valence-electron chi connectivity index (χ4n) is 4.50. The van der Waals surface area contributed by atoms with E-state index >= 15 is 0 Å². The van der Waals surface area contributed by atoms with Crippen LogP contribution in [0, 0.1) is 12.7 Å². The molecule has 0 unspecified atom stereocenters. The molecule has 0 bridgehead atoms. The van der Waals surface area contributed by atoms with Gasteiger partial charge in [-0.2, -0.15) is 4.98 Å². The number of hydrogen-bond donors (Lipinski definition) is 1. The summed E-state index contributed by atoms with van der Waals surface area (Å²) in [5.74, 6) is 1.74. The predicted molar refractivity (Wildman–Crippen MR) is 134 cm³/mol. The van der Waals surface area contributed by atoms with Crippen LogP contribution in [0.1, 0.15) is 29.7 Å². The number of fused-ring (bicyclic) bond motifs is 2. The Morgan fingerprint density at radius 3 is 2.67 bits per heavy atom. The molecule has 1 aliphatic rings. The van der Waals surface area contributed by atoms with Crippen molar-refractivity contribution in [3.63, 3.8) is 0 Å². The van der Waals surface area contributed by atoms with Gasteiger partial charge in [0.25, 0.3) is 0 Å². The van der Waals surface area contributed by atoms with Crippen LogP contribution in [0.15, 0.2) is 60.7 Å². The minimum Gasteiger partial charge on any atom is -0.494 e. The molecular formula is C26H26ClFN4O. The van der Waals surface area contributed by atoms with Gasteiger partial charge in [-0.05, 0) is 67.3 Å². The lowest BCUT2D eigenvalue weighted by Crippen LogP contribution is -2.34. The van der Waals surface area contributed by atoms with E-state index in [-0.39, 0.29) is 24.3 Å². The van der Waals surface area contributed by atoms with Gasteiger partial charge in [0.15, 0.2) is 0 Å². The molecule has 2 heterocycles. The van der Waals surface area contributed by atoms with Crippen molar-refractivity contribution in [2.24, 2.45) is 0 Å². The summed E-state index contributed by atoms with van der Waals surface area (Å²) in [4.78, 5) is 12.0. The number of aromatic nitrogens is 2. The molecule has 1 aromatic heterocycles. The van der Waals surface area contributed by atoms with Crippen LogP contribution in [0.3, 0.4) is 0 Å². The Morgan fingerprint density at radius 2 is 1.88 bits per heavy atom. The number of benzene rings is 3. The van der Waals surface area contributed by atoms with Gasteiger partial charge in [-0.25, -0.2) is 9.37 Å². The van der Waals surface area contributed by atoms with E-state index in [9.17, 15) is 4.39 Å². The second kappa shape index (κ2) is 9.24. The third-order valence-corrected chi connectivity index (χ3v) is 6.19. The zero-order valence-corrected chi connectivity index (χ0v) is 19.6. The van der Waals surface area contributed by atoms with Gasteiger partial charge in [0, 0.05) is 17.6 Å². The molecule has 1 atom stereocenters. The van der Waals surface area contributed by atoms with E-state index < -0.39 is 0 Å². The molecule has 7 heteroatoms. The lowest BCUT2D eigenvalue weighted by molar-refractivity contribution is 0.419. The van der Waals surface area contributed by atoms with Gasteiger partial charge in [0.1, 0.15) is 22.9 Å². The van der Waals surface area contributed by atoms with Crippen molar-refractivity contribution < 1.29 is 9.13 Å². The van der Waals surface area contributed by atoms with Crippen LogP contribution in [0.25, 0.3) is 10.9 Å². The molecule has 0 spiro atoms. The number of methoxy groups -OCH3 is 1. The fourth-order valence-corrected chi connectivity index (χ4v) is 4.50. The largest absolute Gasteiger partial charge is 0.494 e. The van der Waals surface area contributed by atoms with Crippen LogP contribution in [-0.2, 0) is 6.42 Å². The quantitative estimate of drug-likeness (QED) is 0.380. The molecule has 1 aliphatic heterocycles. The highest BCUT2D eigenvalue weighted by Gasteiger charge is 2.27. The molecule has 0 saturated carbocycles. The molecule has 4 aromatic rings. The summed E-state index contributed by atoms with van der Waals surface area (Å²) in [6.45, 7) is 4.93. The molecular weight excluding hydrogens is 439 g/mol. The molecule has 1 N–H and O–H groups in total. The maximum atomic E-state index is 13.6. The number of rotatable bonds is 4. The van der Waals surface area contributed by atoms with Crippen LogP contribution < -0.4 is 15.0 Å². The topological polar surface area (TPSA) is 50.3 Å². The minimum absolute atomic E-state index is 0. The predicted octanol–water partition coefficient (Wildman–Crippen LogP) is 6.38. The van der Waals surface area contributed by atoms with E-state index in [0.717, 1.165) is 40.9 Å². The summed E-state index contributed by atoms with van der Waals surface area (Å²) in [6.07, 6.45) is 0.954. The van der Waals surface area contributed by atoms with Gasteiger partial charge in [0.05, 0.1) is 13.2 Å². The first-order valence-electron chi connectivity index (χ1n) is 10.8. The molecule has 0 fully saturated rings. The molecule has 0 amide bonds. The summed E-state index contributed by atoms with van der Waals surface area (Å²) in [5.41, 5.74) is 5.00. The van der Waals surface area contributed by atoms with Crippen LogP contribution in [-0.4, -0.2) is 23.6 Å². The van der Waals surface area contributed by atoms with Gasteiger partial charge in [-0.3, -0.25) is 0 Å². The minimum atomic E-state index is -0.268. The Balaban J connectivity index is 0.00000259. The Morgan fingerprint density at radius 1 is 1.06 bits per heavy atom. The molecule has 0 aliphatic carbocycles. The Labute approximate surface area is 199 Å². The molecule has 5 nitrogen and oxygen atoms in total. The van der Waals surface area contributed by atoms with Gasteiger partial charge in [0.2, 0.25) is 5.95 Å². The summed E-state index contributed by atoms with van der Waals surface area (Å²) >= 11 is 0. The summed E-state index contributed by atoms with van der Waals surface area (Å²) in [6, 6.07) is 19.3. The van der Waals surface area contributed by atoms with E-state index in [1.54, 1.807) is 13.2 Å². The molecule has 3 aromatic carbocycles. The SMILES string of the molecule is COc1cccc2c(N3CCc4ccccc4[C@@H]3C)nc(Nc3ccc(F)cc3C)nc12.Cl. The average Bonchev–Trinajstić information content (AvgIpc) is 2.80. The van der Waals surface area contributed by atoms with Crippen molar-refractivity contribution in [1.29, 1.82) is 0 Å². The maximum Gasteiger partial charge on any atom is 0.229 e. The number of halogens is 2. The van der Waals surface area contributed by atoms with Crippen LogP contribution in [0.4, 0.5) is 21.8 Å². The highest BCUT2D eigenvalue weighted by atomic mass is 35.5. The number of ether oxygens (including phenoxy) is 1. The Bertz CT molecular complexity index is 1310. The molecule has 33 heavy (non-hydrogen) atoms. The van der Waals surface area contributed by atoms with Crippen molar-refractivity contribution in [1.82, 2.24) is 9.97 Å². The first-order chi connectivity index (χ1) is 15.5. The third-order valence-electron chi connectivity index (χ3n) is 6.19.